The van der Waals surface area contributed by atoms with Crippen molar-refractivity contribution in [3.05, 3.63) is 30.6 Å². The third kappa shape index (κ3) is 2.28. The van der Waals surface area contributed by atoms with Gasteiger partial charge in [-0.2, -0.15) is 0 Å². The molecule has 5 heteroatoms. The van der Waals surface area contributed by atoms with Crippen LogP contribution in [0, 0.1) is 0 Å². The second-order valence-corrected chi connectivity index (χ2v) is 3.42. The number of hydrogen-bond donors (Lipinski definition) is 1. The number of benzene rings is 1. The smallest absolute Gasteiger partial charge is 0.316 e. The summed E-state index contributed by atoms with van der Waals surface area (Å²) in [6.45, 7) is 0. The van der Waals surface area contributed by atoms with Crippen molar-refractivity contribution in [3.8, 4) is 22.9 Å². The fourth-order valence-electron chi connectivity index (χ4n) is 1.48. The van der Waals surface area contributed by atoms with Gasteiger partial charge in [-0.05, 0) is 17.7 Å². The zero-order chi connectivity index (χ0) is 12.3. The van der Waals surface area contributed by atoms with E-state index < -0.39 is 0 Å². The molecule has 0 aliphatic heterocycles. The molecule has 1 aromatic carbocycles. The van der Waals surface area contributed by atoms with E-state index in [9.17, 15) is 0 Å². The van der Waals surface area contributed by atoms with Gasteiger partial charge in [0.25, 0.3) is 0 Å². The quantitative estimate of drug-likeness (QED) is 0.815. The van der Waals surface area contributed by atoms with Crippen LogP contribution in [-0.2, 0) is 0 Å². The van der Waals surface area contributed by atoms with Gasteiger partial charge in [-0.1, -0.05) is 6.07 Å². The molecular weight excluding hydrogens is 218 g/mol. The third-order valence-electron chi connectivity index (χ3n) is 2.37. The van der Waals surface area contributed by atoms with Crippen LogP contribution in [0.3, 0.4) is 0 Å². The van der Waals surface area contributed by atoms with E-state index in [1.165, 1.54) is 7.11 Å². The SMILES string of the molecule is COc1ncc(-c2ccc(OC)c(N)c2)cn1. The van der Waals surface area contributed by atoms with Gasteiger partial charge in [0.15, 0.2) is 0 Å². The molecule has 5 nitrogen and oxygen atoms in total. The lowest BCUT2D eigenvalue weighted by atomic mass is 10.1. The van der Waals surface area contributed by atoms with Gasteiger partial charge in [-0.3, -0.25) is 0 Å². The first-order valence-corrected chi connectivity index (χ1v) is 5.04. The Morgan fingerprint density at radius 3 is 2.24 bits per heavy atom. The Morgan fingerprint density at radius 1 is 1.00 bits per heavy atom. The standard InChI is InChI=1S/C12H13N3O2/c1-16-11-4-3-8(5-10(11)13)9-6-14-12(17-2)15-7-9/h3-7H,13H2,1-2H3. The molecule has 0 spiro atoms. The largest absolute Gasteiger partial charge is 0.495 e. The van der Waals surface area contributed by atoms with Crippen molar-refractivity contribution in [1.29, 1.82) is 0 Å². The number of rotatable bonds is 3. The highest BCUT2D eigenvalue weighted by molar-refractivity contribution is 5.69. The Bertz CT molecular complexity index is 512. The average molecular weight is 231 g/mol. The van der Waals surface area contributed by atoms with Gasteiger partial charge in [-0.25, -0.2) is 9.97 Å². The number of ether oxygens (including phenoxy) is 2. The lowest BCUT2D eigenvalue weighted by molar-refractivity contribution is 0.380. The first-order chi connectivity index (χ1) is 8.24. The Kier molecular flexibility index (Phi) is 3.09. The van der Waals surface area contributed by atoms with Crippen molar-refractivity contribution in [3.63, 3.8) is 0 Å². The van der Waals surface area contributed by atoms with Crippen LogP contribution in [0.1, 0.15) is 0 Å². The molecule has 17 heavy (non-hydrogen) atoms. The fraction of sp³-hybridized carbons (Fsp3) is 0.167. The second-order valence-electron chi connectivity index (χ2n) is 3.42. The van der Waals surface area contributed by atoms with Gasteiger partial charge in [-0.15, -0.1) is 0 Å². The van der Waals surface area contributed by atoms with E-state index in [2.05, 4.69) is 9.97 Å². The van der Waals surface area contributed by atoms with Crippen molar-refractivity contribution >= 4 is 5.69 Å². The van der Waals surface area contributed by atoms with Gasteiger partial charge < -0.3 is 15.2 Å². The fourth-order valence-corrected chi connectivity index (χ4v) is 1.48. The summed E-state index contributed by atoms with van der Waals surface area (Å²) in [6, 6.07) is 5.88. The highest BCUT2D eigenvalue weighted by Gasteiger charge is 2.04. The molecular formula is C12H13N3O2. The number of nitrogens with zero attached hydrogens (tertiary/aromatic N) is 2. The molecule has 0 aliphatic carbocycles. The molecule has 0 radical (unpaired) electrons. The average Bonchev–Trinajstić information content (AvgIpc) is 2.39. The maximum Gasteiger partial charge on any atom is 0.316 e. The molecule has 2 aromatic rings. The molecule has 0 fully saturated rings. The maximum absolute atomic E-state index is 5.83. The molecule has 0 bridgehead atoms. The zero-order valence-corrected chi connectivity index (χ0v) is 9.68. The van der Waals surface area contributed by atoms with E-state index >= 15 is 0 Å². The lowest BCUT2D eigenvalue weighted by Crippen LogP contribution is -1.94. The minimum atomic E-state index is 0.343. The summed E-state index contributed by atoms with van der Waals surface area (Å²) in [5.41, 5.74) is 8.23. The first kappa shape index (κ1) is 11.2. The van der Waals surface area contributed by atoms with Crippen LogP contribution < -0.4 is 15.2 Å². The summed E-state index contributed by atoms with van der Waals surface area (Å²) < 4.78 is 9.99. The highest BCUT2D eigenvalue weighted by Crippen LogP contribution is 2.27. The van der Waals surface area contributed by atoms with Gasteiger partial charge >= 0.3 is 6.01 Å². The predicted molar refractivity (Wildman–Crippen MR) is 65.0 cm³/mol. The second kappa shape index (κ2) is 4.69. The van der Waals surface area contributed by atoms with Gasteiger partial charge in [0.1, 0.15) is 5.75 Å². The number of nitrogen functional groups attached to an aromatic ring is 1. The molecule has 0 amide bonds. The minimum absolute atomic E-state index is 0.343. The molecule has 2 rings (SSSR count). The zero-order valence-electron chi connectivity index (χ0n) is 9.68. The van der Waals surface area contributed by atoms with E-state index in [0.717, 1.165) is 11.1 Å². The van der Waals surface area contributed by atoms with E-state index in [0.29, 0.717) is 17.4 Å². The van der Waals surface area contributed by atoms with Crippen LogP contribution in [0.15, 0.2) is 30.6 Å². The summed E-state index contributed by atoms with van der Waals surface area (Å²) >= 11 is 0. The Labute approximate surface area is 99.2 Å². The van der Waals surface area contributed by atoms with Crippen LogP contribution >= 0.6 is 0 Å². The van der Waals surface area contributed by atoms with Crippen molar-refractivity contribution in [2.24, 2.45) is 0 Å². The molecule has 0 saturated carbocycles. The lowest BCUT2D eigenvalue weighted by Gasteiger charge is -2.07. The molecule has 0 aliphatic rings. The molecule has 0 saturated heterocycles. The molecule has 1 heterocycles. The van der Waals surface area contributed by atoms with Crippen LogP contribution in [0.2, 0.25) is 0 Å². The molecule has 0 unspecified atom stereocenters. The van der Waals surface area contributed by atoms with Gasteiger partial charge in [0, 0.05) is 18.0 Å². The molecule has 1 aromatic heterocycles. The van der Waals surface area contributed by atoms with Gasteiger partial charge in [0.2, 0.25) is 0 Å². The van der Waals surface area contributed by atoms with Crippen LogP contribution in [-0.4, -0.2) is 24.2 Å². The number of methoxy groups -OCH3 is 2. The Balaban J connectivity index is 2.35. The number of nitrogens with two attached hydrogens (primary N) is 1. The molecule has 88 valence electrons. The highest BCUT2D eigenvalue weighted by atomic mass is 16.5. The number of hydrogen-bond acceptors (Lipinski definition) is 5. The number of aromatic nitrogens is 2. The van der Waals surface area contributed by atoms with Crippen LogP contribution in [0.4, 0.5) is 5.69 Å². The van der Waals surface area contributed by atoms with Crippen molar-refractivity contribution in [2.75, 3.05) is 20.0 Å². The van der Waals surface area contributed by atoms with E-state index in [4.69, 9.17) is 15.2 Å². The van der Waals surface area contributed by atoms with Crippen molar-refractivity contribution < 1.29 is 9.47 Å². The van der Waals surface area contributed by atoms with E-state index in [-0.39, 0.29) is 0 Å². The van der Waals surface area contributed by atoms with Crippen molar-refractivity contribution in [1.82, 2.24) is 9.97 Å². The summed E-state index contributed by atoms with van der Waals surface area (Å²) in [5.74, 6) is 0.656. The van der Waals surface area contributed by atoms with E-state index in [1.807, 2.05) is 18.2 Å². The predicted octanol–water partition coefficient (Wildman–Crippen LogP) is 1.74. The maximum atomic E-state index is 5.83. The third-order valence-corrected chi connectivity index (χ3v) is 2.37. The molecule has 2 N–H and O–H groups in total. The number of anilines is 1. The van der Waals surface area contributed by atoms with E-state index in [1.54, 1.807) is 19.5 Å². The Morgan fingerprint density at radius 2 is 1.71 bits per heavy atom. The monoisotopic (exact) mass is 231 g/mol. The topological polar surface area (TPSA) is 70.3 Å². The Hall–Kier alpha value is -2.30. The van der Waals surface area contributed by atoms with Gasteiger partial charge in [0.05, 0.1) is 19.9 Å². The summed E-state index contributed by atoms with van der Waals surface area (Å²) in [4.78, 5) is 8.08. The van der Waals surface area contributed by atoms with Crippen LogP contribution in [0.5, 0.6) is 11.8 Å². The first-order valence-electron chi connectivity index (χ1n) is 5.04. The minimum Gasteiger partial charge on any atom is -0.495 e. The van der Waals surface area contributed by atoms with Crippen LogP contribution in [0.25, 0.3) is 11.1 Å². The summed E-state index contributed by atoms with van der Waals surface area (Å²) in [5, 5.41) is 0. The summed E-state index contributed by atoms with van der Waals surface area (Å²) in [7, 11) is 3.11. The van der Waals surface area contributed by atoms with Crippen molar-refractivity contribution in [2.45, 2.75) is 0 Å². The summed E-state index contributed by atoms with van der Waals surface area (Å²) in [6.07, 6.45) is 3.38. The molecule has 0 atom stereocenters. The normalized spacial score (nSPS) is 10.0.